The molecule has 0 aromatic heterocycles. The molecule has 0 aromatic rings. The number of carbonyl (C=O) groups is 2. The molecule has 0 unspecified atom stereocenters. The van der Waals surface area contributed by atoms with Gasteiger partial charge in [0.1, 0.15) is 0 Å². The number of hydrogen-bond acceptors (Lipinski definition) is 3. The van der Waals surface area contributed by atoms with Crippen molar-refractivity contribution in [2.24, 2.45) is 5.92 Å². The fourth-order valence-electron chi connectivity index (χ4n) is 1.88. The summed E-state index contributed by atoms with van der Waals surface area (Å²) < 4.78 is 5.32. The predicted molar refractivity (Wildman–Crippen MR) is 51.6 cm³/mol. The van der Waals surface area contributed by atoms with Crippen molar-refractivity contribution in [3.05, 3.63) is 0 Å². The van der Waals surface area contributed by atoms with Gasteiger partial charge in [-0.1, -0.05) is 13.8 Å². The summed E-state index contributed by atoms with van der Waals surface area (Å²) in [5.41, 5.74) is -2.73. The lowest BCUT2D eigenvalue weighted by atomic mass is 9.87. The zero-order valence-electron chi connectivity index (χ0n) is 9.11. The van der Waals surface area contributed by atoms with E-state index in [0.29, 0.717) is 0 Å². The Bertz CT molecular complexity index is 298. The topological polar surface area (TPSA) is 83.8 Å². The van der Waals surface area contributed by atoms with E-state index < -0.39 is 23.1 Å². The smallest absolute Gasteiger partial charge is 0.336 e. The van der Waals surface area contributed by atoms with Crippen LogP contribution < -0.4 is 0 Å². The van der Waals surface area contributed by atoms with Gasteiger partial charge < -0.3 is 14.9 Å². The number of aliphatic carboxylic acids is 2. The first kappa shape index (κ1) is 12.0. The molecule has 2 atom stereocenters. The van der Waals surface area contributed by atoms with E-state index in [2.05, 4.69) is 0 Å². The van der Waals surface area contributed by atoms with Crippen LogP contribution in [-0.4, -0.2) is 33.4 Å². The van der Waals surface area contributed by atoms with E-state index in [9.17, 15) is 9.59 Å². The van der Waals surface area contributed by atoms with E-state index in [0.717, 1.165) is 0 Å². The first-order valence-electron chi connectivity index (χ1n) is 4.91. The maximum absolute atomic E-state index is 11.2. The van der Waals surface area contributed by atoms with Gasteiger partial charge >= 0.3 is 11.9 Å². The van der Waals surface area contributed by atoms with Crippen LogP contribution >= 0.6 is 0 Å². The first-order valence-corrected chi connectivity index (χ1v) is 4.91. The van der Waals surface area contributed by atoms with Crippen molar-refractivity contribution >= 4 is 11.9 Å². The summed E-state index contributed by atoms with van der Waals surface area (Å²) in [6.07, 6.45) is 0.468. The highest BCUT2D eigenvalue weighted by Crippen LogP contribution is 2.42. The van der Waals surface area contributed by atoms with E-state index in [-0.39, 0.29) is 18.8 Å². The van der Waals surface area contributed by atoms with Gasteiger partial charge in [0.15, 0.2) is 11.2 Å². The average Bonchev–Trinajstić information content (AvgIpc) is 2.46. The third-order valence-electron chi connectivity index (χ3n) is 3.13. The van der Waals surface area contributed by atoms with Crippen LogP contribution in [0.15, 0.2) is 0 Å². The monoisotopic (exact) mass is 216 g/mol. The van der Waals surface area contributed by atoms with Crippen molar-refractivity contribution in [2.45, 2.75) is 44.8 Å². The Balaban J connectivity index is 3.00. The lowest BCUT2D eigenvalue weighted by molar-refractivity contribution is -0.190. The van der Waals surface area contributed by atoms with Crippen LogP contribution in [0.25, 0.3) is 0 Å². The van der Waals surface area contributed by atoms with Gasteiger partial charge in [0.05, 0.1) is 0 Å². The molecule has 1 saturated heterocycles. The van der Waals surface area contributed by atoms with Crippen molar-refractivity contribution in [1.29, 1.82) is 0 Å². The molecule has 0 amide bonds. The van der Waals surface area contributed by atoms with Crippen LogP contribution in [0.3, 0.4) is 0 Å². The summed E-state index contributed by atoms with van der Waals surface area (Å²) in [6.45, 7) is 4.87. The maximum Gasteiger partial charge on any atom is 0.336 e. The largest absolute Gasteiger partial charge is 0.479 e. The maximum atomic E-state index is 11.2. The number of carboxylic acid groups (broad SMARTS) is 2. The van der Waals surface area contributed by atoms with E-state index in [1.54, 1.807) is 13.8 Å². The first-order chi connectivity index (χ1) is 6.74. The molecule has 0 bridgehead atoms. The summed E-state index contributed by atoms with van der Waals surface area (Å²) in [4.78, 5) is 22.1. The molecular weight excluding hydrogens is 200 g/mol. The molecule has 1 fully saturated rings. The van der Waals surface area contributed by atoms with Crippen molar-refractivity contribution in [1.82, 2.24) is 0 Å². The Labute approximate surface area is 88.0 Å². The minimum Gasteiger partial charge on any atom is -0.479 e. The lowest BCUT2D eigenvalue weighted by Crippen LogP contribution is -2.47. The van der Waals surface area contributed by atoms with Gasteiger partial charge in [0.2, 0.25) is 0 Å². The molecule has 0 spiro atoms. The second-order valence-corrected chi connectivity index (χ2v) is 4.49. The Morgan fingerprint density at radius 1 is 1.20 bits per heavy atom. The molecule has 5 nitrogen and oxygen atoms in total. The van der Waals surface area contributed by atoms with Gasteiger partial charge in [0.25, 0.3) is 0 Å². The molecule has 0 radical (unpaired) electrons. The number of carboxylic acids is 2. The molecule has 2 N–H and O–H groups in total. The Kier molecular flexibility index (Phi) is 2.78. The molecule has 1 aliphatic heterocycles. The minimum absolute atomic E-state index is 0.229. The van der Waals surface area contributed by atoms with Crippen LogP contribution in [0.1, 0.15) is 33.6 Å². The molecule has 1 rings (SSSR count). The van der Waals surface area contributed by atoms with E-state index in [1.807, 2.05) is 0 Å². The summed E-state index contributed by atoms with van der Waals surface area (Å²) in [5, 5.41) is 18.1. The molecule has 1 aliphatic rings. The van der Waals surface area contributed by atoms with E-state index in [4.69, 9.17) is 14.9 Å². The van der Waals surface area contributed by atoms with E-state index >= 15 is 0 Å². The Hall–Kier alpha value is -1.10. The van der Waals surface area contributed by atoms with Crippen LogP contribution in [0, 0.1) is 5.92 Å². The van der Waals surface area contributed by atoms with Gasteiger partial charge in [-0.15, -0.1) is 0 Å². The van der Waals surface area contributed by atoms with Crippen molar-refractivity contribution < 1.29 is 24.5 Å². The molecule has 0 aliphatic carbocycles. The van der Waals surface area contributed by atoms with Crippen LogP contribution in [0.2, 0.25) is 0 Å². The second-order valence-electron chi connectivity index (χ2n) is 4.49. The normalized spacial score (nSPS) is 35.7. The highest BCUT2D eigenvalue weighted by Gasteiger charge is 2.56. The van der Waals surface area contributed by atoms with Gasteiger partial charge in [0, 0.05) is 0 Å². The van der Waals surface area contributed by atoms with Crippen molar-refractivity contribution in [3.63, 3.8) is 0 Å². The molecule has 5 heteroatoms. The average molecular weight is 216 g/mol. The number of hydrogen-bond donors (Lipinski definition) is 2. The fourth-order valence-corrected chi connectivity index (χ4v) is 1.88. The molecular formula is C10H16O5. The predicted octanol–water partition coefficient (Wildman–Crippen LogP) is 1.12. The highest BCUT2D eigenvalue weighted by molar-refractivity contribution is 5.82. The van der Waals surface area contributed by atoms with Crippen LogP contribution in [0.4, 0.5) is 0 Å². The Morgan fingerprint density at radius 3 is 1.93 bits per heavy atom. The van der Waals surface area contributed by atoms with Crippen molar-refractivity contribution in [3.8, 4) is 0 Å². The molecule has 1 heterocycles. The van der Waals surface area contributed by atoms with E-state index in [1.165, 1.54) is 6.92 Å². The zero-order chi connectivity index (χ0) is 11.9. The summed E-state index contributed by atoms with van der Waals surface area (Å²) in [7, 11) is 0. The van der Waals surface area contributed by atoms with Gasteiger partial charge in [-0.2, -0.15) is 0 Å². The fraction of sp³-hybridized carbons (Fsp3) is 0.800. The summed E-state index contributed by atoms with van der Waals surface area (Å²) >= 11 is 0. The van der Waals surface area contributed by atoms with Crippen LogP contribution in [-0.2, 0) is 14.3 Å². The molecule has 0 aromatic carbocycles. The molecule has 15 heavy (non-hydrogen) atoms. The quantitative estimate of drug-likeness (QED) is 0.738. The lowest BCUT2D eigenvalue weighted by Gasteiger charge is -2.30. The third-order valence-corrected chi connectivity index (χ3v) is 3.13. The Morgan fingerprint density at radius 2 is 1.73 bits per heavy atom. The van der Waals surface area contributed by atoms with Gasteiger partial charge in [-0.25, -0.2) is 9.59 Å². The zero-order valence-corrected chi connectivity index (χ0v) is 9.11. The third kappa shape index (κ3) is 1.71. The molecule has 86 valence electrons. The second kappa shape index (κ2) is 3.48. The summed E-state index contributed by atoms with van der Waals surface area (Å²) in [6, 6.07) is 0. The standard InChI is InChI=1S/C10H16O5/c1-6(2)10(8(13)14)5-4-9(3,15-10)7(11)12/h6H,4-5H2,1-3H3,(H,11,12)(H,13,14)/t9-,10+/m0/s1. The number of ether oxygens (including phenoxy) is 1. The van der Waals surface area contributed by atoms with Crippen molar-refractivity contribution in [2.75, 3.05) is 0 Å². The van der Waals surface area contributed by atoms with Crippen LogP contribution in [0.5, 0.6) is 0 Å². The highest BCUT2D eigenvalue weighted by atomic mass is 16.6. The molecule has 0 saturated carbocycles. The number of rotatable bonds is 3. The van der Waals surface area contributed by atoms with Gasteiger partial charge in [-0.3, -0.25) is 0 Å². The minimum atomic E-state index is -1.37. The SMILES string of the molecule is CC(C)[C@@]1(C(=O)O)CC[C@@](C)(C(=O)O)O1. The summed E-state index contributed by atoms with van der Waals surface area (Å²) in [5.74, 6) is -2.44. The van der Waals surface area contributed by atoms with Gasteiger partial charge in [-0.05, 0) is 25.7 Å².